The predicted molar refractivity (Wildman–Crippen MR) is 106 cm³/mol. The maximum absolute atomic E-state index is 12.5. The summed E-state index contributed by atoms with van der Waals surface area (Å²) in [7, 11) is 3.53. The lowest BCUT2D eigenvalue weighted by molar-refractivity contribution is 0.0863. The average Bonchev–Trinajstić information content (AvgIpc) is 3.07. The van der Waals surface area contributed by atoms with Crippen molar-refractivity contribution in [1.29, 1.82) is 0 Å². The topological polar surface area (TPSA) is 89.3 Å². The zero-order valence-corrected chi connectivity index (χ0v) is 16.1. The zero-order chi connectivity index (χ0) is 19.7. The summed E-state index contributed by atoms with van der Waals surface area (Å²) in [6.07, 6.45) is 4.48. The van der Waals surface area contributed by atoms with Gasteiger partial charge >= 0.3 is 0 Å². The molecule has 0 spiro atoms. The molecule has 0 atom stereocenters. The molecule has 3 aromatic rings. The summed E-state index contributed by atoms with van der Waals surface area (Å²) < 4.78 is 7.31. The van der Waals surface area contributed by atoms with E-state index < -0.39 is 0 Å². The molecule has 0 aliphatic heterocycles. The van der Waals surface area contributed by atoms with Gasteiger partial charge in [-0.2, -0.15) is 5.10 Å². The van der Waals surface area contributed by atoms with E-state index in [0.717, 1.165) is 53.6 Å². The highest BCUT2D eigenvalue weighted by Crippen LogP contribution is 2.34. The van der Waals surface area contributed by atoms with Crippen molar-refractivity contribution >= 4 is 16.8 Å². The van der Waals surface area contributed by atoms with Crippen LogP contribution in [0.5, 0.6) is 5.75 Å². The highest BCUT2D eigenvalue weighted by Gasteiger charge is 2.22. The molecule has 1 aliphatic carbocycles. The number of rotatable bonds is 4. The van der Waals surface area contributed by atoms with Gasteiger partial charge in [0.25, 0.3) is 5.91 Å². The first kappa shape index (κ1) is 18.4. The molecule has 0 unspecified atom stereocenters. The molecule has 2 heterocycles. The molecule has 7 heteroatoms. The summed E-state index contributed by atoms with van der Waals surface area (Å²) >= 11 is 0. The van der Waals surface area contributed by atoms with Crippen molar-refractivity contribution in [2.75, 3.05) is 7.11 Å². The van der Waals surface area contributed by atoms with Gasteiger partial charge < -0.3 is 15.2 Å². The van der Waals surface area contributed by atoms with Crippen molar-refractivity contribution in [3.05, 3.63) is 42.2 Å². The third kappa shape index (κ3) is 3.45. The van der Waals surface area contributed by atoms with Crippen LogP contribution >= 0.6 is 0 Å². The highest BCUT2D eigenvalue weighted by molar-refractivity contribution is 5.98. The average molecular weight is 380 g/mol. The van der Waals surface area contributed by atoms with Crippen molar-refractivity contribution in [3.8, 4) is 17.0 Å². The number of carbonyl (C=O) groups excluding carboxylic acids is 1. The van der Waals surface area contributed by atoms with Crippen LogP contribution in [-0.4, -0.2) is 45.0 Å². The quantitative estimate of drug-likeness (QED) is 0.726. The van der Waals surface area contributed by atoms with Gasteiger partial charge in [-0.25, -0.2) is 0 Å². The van der Waals surface area contributed by atoms with E-state index in [4.69, 9.17) is 4.74 Å². The number of fused-ring (bicyclic) bond motifs is 1. The Morgan fingerprint density at radius 2 is 2.00 bits per heavy atom. The van der Waals surface area contributed by atoms with E-state index in [1.165, 1.54) is 0 Å². The molecule has 1 amide bonds. The van der Waals surface area contributed by atoms with Crippen molar-refractivity contribution < 1.29 is 14.6 Å². The second-order valence-electron chi connectivity index (χ2n) is 7.24. The van der Waals surface area contributed by atoms with E-state index in [2.05, 4.69) is 15.4 Å². The Kier molecular flexibility index (Phi) is 5.00. The van der Waals surface area contributed by atoms with Crippen molar-refractivity contribution in [2.45, 2.75) is 37.8 Å². The van der Waals surface area contributed by atoms with Gasteiger partial charge in [0.1, 0.15) is 17.1 Å². The zero-order valence-electron chi connectivity index (χ0n) is 16.1. The lowest BCUT2D eigenvalue weighted by atomic mass is 9.93. The number of carbonyl (C=O) groups is 1. The molecular weight excluding hydrogens is 356 g/mol. The van der Waals surface area contributed by atoms with Crippen molar-refractivity contribution in [3.63, 3.8) is 0 Å². The van der Waals surface area contributed by atoms with E-state index in [1.807, 2.05) is 36.0 Å². The first-order valence-corrected chi connectivity index (χ1v) is 9.52. The lowest BCUT2D eigenvalue weighted by Gasteiger charge is -2.26. The number of methoxy groups -OCH3 is 1. The molecule has 1 aromatic carbocycles. The first-order chi connectivity index (χ1) is 13.6. The number of pyridine rings is 1. The molecule has 1 fully saturated rings. The minimum atomic E-state index is -0.240. The standard InChI is InChI=1S/C21H24N4O3/c1-25-17-4-3-5-18(28-2)19(17)20(24-25)13-6-11-16(22-12-13)21(27)23-14-7-9-15(26)10-8-14/h3-6,11-12,14-15,26H,7-10H2,1-2H3,(H,23,27). The Morgan fingerprint density at radius 3 is 2.68 bits per heavy atom. The number of hydrogen-bond donors (Lipinski definition) is 2. The Bertz CT molecular complexity index is 989. The van der Waals surface area contributed by atoms with Crippen LogP contribution in [0.2, 0.25) is 0 Å². The van der Waals surface area contributed by atoms with Gasteiger partial charge in [0, 0.05) is 24.8 Å². The second kappa shape index (κ2) is 7.59. The molecule has 1 saturated carbocycles. The summed E-state index contributed by atoms with van der Waals surface area (Å²) in [5, 5.41) is 18.1. The largest absolute Gasteiger partial charge is 0.496 e. The van der Waals surface area contributed by atoms with Crippen molar-refractivity contribution in [1.82, 2.24) is 20.1 Å². The van der Waals surface area contributed by atoms with E-state index >= 15 is 0 Å². The Balaban J connectivity index is 1.57. The fourth-order valence-electron chi connectivity index (χ4n) is 3.80. The van der Waals surface area contributed by atoms with Crippen LogP contribution in [0.25, 0.3) is 22.2 Å². The second-order valence-corrected chi connectivity index (χ2v) is 7.24. The molecule has 0 radical (unpaired) electrons. The molecule has 146 valence electrons. The summed E-state index contributed by atoms with van der Waals surface area (Å²) in [4.78, 5) is 16.8. The molecule has 4 rings (SSSR count). The summed E-state index contributed by atoms with van der Waals surface area (Å²) in [6, 6.07) is 9.51. The van der Waals surface area contributed by atoms with Crippen molar-refractivity contribution in [2.24, 2.45) is 7.05 Å². The highest BCUT2D eigenvalue weighted by atomic mass is 16.5. The molecule has 2 aromatic heterocycles. The number of aliphatic hydroxyl groups is 1. The van der Waals surface area contributed by atoms with Gasteiger partial charge in [-0.15, -0.1) is 0 Å². The van der Waals surface area contributed by atoms with Gasteiger partial charge in [0.2, 0.25) is 0 Å². The van der Waals surface area contributed by atoms with E-state index in [1.54, 1.807) is 19.4 Å². The van der Waals surface area contributed by atoms with Gasteiger partial charge in [-0.1, -0.05) is 6.07 Å². The fraction of sp³-hybridized carbons (Fsp3) is 0.381. The molecule has 7 nitrogen and oxygen atoms in total. The van der Waals surface area contributed by atoms with Crippen LogP contribution in [0.15, 0.2) is 36.5 Å². The minimum absolute atomic E-state index is 0.0985. The molecule has 2 N–H and O–H groups in total. The molecule has 28 heavy (non-hydrogen) atoms. The smallest absolute Gasteiger partial charge is 0.270 e. The number of nitrogens with zero attached hydrogens (tertiary/aromatic N) is 3. The van der Waals surface area contributed by atoms with E-state index in [0.29, 0.717) is 5.69 Å². The number of hydrogen-bond acceptors (Lipinski definition) is 5. The third-order valence-electron chi connectivity index (χ3n) is 5.36. The van der Waals surface area contributed by atoms with Gasteiger partial charge in [0.15, 0.2) is 0 Å². The monoisotopic (exact) mass is 380 g/mol. The molecular formula is C21H24N4O3. The maximum atomic E-state index is 12.5. The van der Waals surface area contributed by atoms with Crippen LogP contribution in [0.1, 0.15) is 36.2 Å². The number of benzene rings is 1. The summed E-state index contributed by atoms with van der Waals surface area (Å²) in [5.41, 5.74) is 2.95. The molecule has 0 saturated heterocycles. The van der Waals surface area contributed by atoms with E-state index in [-0.39, 0.29) is 18.1 Å². The van der Waals surface area contributed by atoms with Gasteiger partial charge in [-0.3, -0.25) is 14.5 Å². The van der Waals surface area contributed by atoms with Gasteiger partial charge in [0.05, 0.1) is 24.1 Å². The Morgan fingerprint density at radius 1 is 1.21 bits per heavy atom. The number of nitrogens with one attached hydrogen (secondary N) is 1. The number of ether oxygens (including phenoxy) is 1. The molecule has 0 bridgehead atoms. The maximum Gasteiger partial charge on any atom is 0.270 e. The minimum Gasteiger partial charge on any atom is -0.496 e. The Hall–Kier alpha value is -2.93. The summed E-state index contributed by atoms with van der Waals surface area (Å²) in [6.45, 7) is 0. The van der Waals surface area contributed by atoms with Gasteiger partial charge in [-0.05, 0) is 49.9 Å². The van der Waals surface area contributed by atoms with Crippen LogP contribution in [0.3, 0.4) is 0 Å². The number of amides is 1. The number of aromatic nitrogens is 3. The third-order valence-corrected chi connectivity index (χ3v) is 5.36. The number of aryl methyl sites for hydroxylation is 1. The van der Waals surface area contributed by atoms with Crippen LogP contribution < -0.4 is 10.1 Å². The normalized spacial score (nSPS) is 19.5. The SMILES string of the molecule is COc1cccc2c1c(-c1ccc(C(=O)NC3CCC(O)CC3)nc1)nn2C. The van der Waals surface area contributed by atoms with Crippen LogP contribution in [0, 0.1) is 0 Å². The Labute approximate surface area is 163 Å². The fourth-order valence-corrected chi connectivity index (χ4v) is 3.80. The summed E-state index contributed by atoms with van der Waals surface area (Å²) in [5.74, 6) is 0.568. The van der Waals surface area contributed by atoms with E-state index in [9.17, 15) is 9.90 Å². The molecule has 1 aliphatic rings. The first-order valence-electron chi connectivity index (χ1n) is 9.52. The predicted octanol–water partition coefficient (Wildman–Crippen LogP) is 2.68. The van der Waals surface area contributed by atoms with Crippen LogP contribution in [0.4, 0.5) is 0 Å². The lowest BCUT2D eigenvalue weighted by Crippen LogP contribution is -2.38. The van der Waals surface area contributed by atoms with Crippen LogP contribution in [-0.2, 0) is 7.05 Å². The number of aliphatic hydroxyl groups excluding tert-OH is 1.